The first-order chi connectivity index (χ1) is 28.4. The highest BCUT2D eigenvalue weighted by Crippen LogP contribution is 2.73. The van der Waals surface area contributed by atoms with Crippen molar-refractivity contribution in [3.63, 3.8) is 0 Å². The Balaban J connectivity index is 1.16. The summed E-state index contributed by atoms with van der Waals surface area (Å²) in [5.74, 6) is 1.66. The zero-order chi connectivity index (χ0) is 39.8. The van der Waals surface area contributed by atoms with Crippen molar-refractivity contribution in [3.8, 4) is 45.5 Å². The molecule has 4 aromatic heterocycles. The van der Waals surface area contributed by atoms with Gasteiger partial charge in [0.25, 0.3) is 0 Å². The molecule has 58 heavy (non-hydrogen) atoms. The first-order valence-electron chi connectivity index (χ1n) is 20.6. The Morgan fingerprint density at radius 3 is 1.21 bits per heavy atom. The Morgan fingerprint density at radius 2 is 0.862 bits per heavy atom. The third kappa shape index (κ3) is 5.25. The Morgan fingerprint density at radius 1 is 0.500 bits per heavy atom. The van der Waals surface area contributed by atoms with Crippen LogP contribution in [-0.2, 0) is 16.2 Å². The van der Waals surface area contributed by atoms with Crippen LogP contribution in [0.15, 0.2) is 23.3 Å². The van der Waals surface area contributed by atoms with E-state index in [0.717, 1.165) is 56.7 Å². The van der Waals surface area contributed by atoms with Gasteiger partial charge in [0.2, 0.25) is 0 Å². The molecule has 4 aromatic rings. The molecule has 0 amide bonds. The van der Waals surface area contributed by atoms with E-state index >= 15 is 0 Å². The van der Waals surface area contributed by atoms with Crippen molar-refractivity contribution in [3.05, 3.63) is 74.8 Å². The lowest BCUT2D eigenvalue weighted by atomic mass is 9.58. The van der Waals surface area contributed by atoms with E-state index in [1.54, 1.807) is 71.3 Å². The Hall–Kier alpha value is -4.68. The van der Waals surface area contributed by atoms with Gasteiger partial charge in [0.15, 0.2) is 0 Å². The number of ether oxygens (including phenoxy) is 2. The highest BCUT2D eigenvalue weighted by Gasteiger charge is 2.59. The van der Waals surface area contributed by atoms with Crippen molar-refractivity contribution in [2.24, 2.45) is 0 Å². The van der Waals surface area contributed by atoms with Crippen LogP contribution in [0.1, 0.15) is 148 Å². The summed E-state index contributed by atoms with van der Waals surface area (Å²) in [7, 11) is 3.48. The van der Waals surface area contributed by atoms with E-state index in [2.05, 4.69) is 12.2 Å². The molecule has 0 radical (unpaired) electrons. The number of fused-ring (bicyclic) bond motifs is 11. The minimum absolute atomic E-state index is 0.0254. The highest BCUT2D eigenvalue weighted by atomic mass is 32.1. The molecule has 0 atom stereocenters. The largest absolute Gasteiger partial charge is 0.495 e. The molecular formula is C48H42N4O2S4. The molecule has 6 nitrogen and oxygen atoms in total. The van der Waals surface area contributed by atoms with Crippen molar-refractivity contribution in [1.29, 1.82) is 21.0 Å². The summed E-state index contributed by atoms with van der Waals surface area (Å²) in [4.78, 5) is 9.93. The molecule has 0 saturated heterocycles. The average molecular weight is 835 g/mol. The van der Waals surface area contributed by atoms with Crippen LogP contribution in [0.2, 0.25) is 0 Å². The van der Waals surface area contributed by atoms with Gasteiger partial charge in [-0.3, -0.25) is 0 Å². The third-order valence-electron chi connectivity index (χ3n) is 14.1. The summed E-state index contributed by atoms with van der Waals surface area (Å²) < 4.78 is 12.2. The molecule has 290 valence electrons. The first-order valence-corrected chi connectivity index (χ1v) is 23.9. The molecule has 10 rings (SSSR count). The van der Waals surface area contributed by atoms with Crippen LogP contribution in [0.5, 0.6) is 11.5 Å². The van der Waals surface area contributed by atoms with Crippen LogP contribution in [-0.4, -0.2) is 14.2 Å². The number of thiophene rings is 4. The predicted molar refractivity (Wildman–Crippen MR) is 237 cm³/mol. The number of hydrogen-bond donors (Lipinski definition) is 0. The van der Waals surface area contributed by atoms with Crippen LogP contribution < -0.4 is 9.47 Å². The van der Waals surface area contributed by atoms with Gasteiger partial charge in [-0.2, -0.15) is 21.0 Å². The van der Waals surface area contributed by atoms with Crippen LogP contribution in [0.4, 0.5) is 0 Å². The smallest absolute Gasteiger partial charge is 0.137 e. The molecular weight excluding hydrogens is 793 g/mol. The van der Waals surface area contributed by atoms with E-state index in [1.807, 2.05) is 59.1 Å². The molecule has 3 spiro atoms. The number of nitriles is 4. The fourth-order valence-electron chi connectivity index (χ4n) is 11.9. The van der Waals surface area contributed by atoms with Gasteiger partial charge in [-0.25, -0.2) is 0 Å². The Bertz CT molecular complexity index is 2490. The van der Waals surface area contributed by atoms with E-state index in [9.17, 15) is 21.0 Å². The lowest BCUT2D eigenvalue weighted by molar-refractivity contribution is 0.322. The Kier molecular flexibility index (Phi) is 9.24. The fourth-order valence-corrected chi connectivity index (χ4v) is 17.3. The molecule has 0 aromatic carbocycles. The maximum atomic E-state index is 9.56. The molecule has 10 heteroatoms. The van der Waals surface area contributed by atoms with Gasteiger partial charge in [0, 0.05) is 45.5 Å². The van der Waals surface area contributed by atoms with Crippen molar-refractivity contribution in [1.82, 2.24) is 0 Å². The summed E-state index contributed by atoms with van der Waals surface area (Å²) >= 11 is 7.38. The lowest BCUT2D eigenvalue weighted by Gasteiger charge is -2.44. The second kappa shape index (κ2) is 14.3. The third-order valence-corrected chi connectivity index (χ3v) is 18.7. The van der Waals surface area contributed by atoms with Crippen LogP contribution in [0.3, 0.4) is 0 Å². The minimum Gasteiger partial charge on any atom is -0.495 e. The number of methoxy groups -OCH3 is 2. The zero-order valence-electron chi connectivity index (χ0n) is 32.8. The molecule has 3 fully saturated rings. The van der Waals surface area contributed by atoms with Crippen molar-refractivity contribution < 1.29 is 9.47 Å². The molecule has 3 saturated carbocycles. The summed E-state index contributed by atoms with van der Waals surface area (Å²) in [6.45, 7) is 0. The SMILES string of the molecule is COc1cc(C=C(C#N)C#N)sc1C1=Cc2sc3c(c2C12CCCCC2)C1(CCCCC1)c1c-3sc2c1C1(CCCCC1)C(c1sc(C=C(C#N)C#N)cc1OC)=C2. The van der Waals surface area contributed by atoms with E-state index in [-0.39, 0.29) is 27.4 Å². The summed E-state index contributed by atoms with van der Waals surface area (Å²) in [6.07, 6.45) is 26.3. The van der Waals surface area contributed by atoms with Crippen LogP contribution in [0.25, 0.3) is 45.2 Å². The van der Waals surface area contributed by atoms with Crippen molar-refractivity contribution in [2.45, 2.75) is 113 Å². The van der Waals surface area contributed by atoms with Gasteiger partial charge in [0.05, 0.1) is 24.0 Å². The van der Waals surface area contributed by atoms with Crippen molar-refractivity contribution >= 4 is 80.8 Å². The normalized spacial score (nSPS) is 19.8. The van der Waals surface area contributed by atoms with Gasteiger partial charge in [-0.05, 0) is 108 Å². The number of nitrogens with zero attached hydrogens (tertiary/aromatic N) is 4. The number of rotatable bonds is 6. The standard InChI is InChI=1S/C48H42N4O2S4/c1-53-34-20-30(18-28(24-49)25-50)55-42(34)32-22-36-38(46(32)12-6-3-7-13-46)40-44(57-36)45-41(48(40)16-10-5-11-17-48)39-37(58-45)23-33(47(39)14-8-4-9-15-47)43-35(54-2)21-31(56-43)19-29(26-51)27-52/h18-23H,3-17H2,1-2H3. The molecule has 6 aliphatic carbocycles. The van der Waals surface area contributed by atoms with Crippen LogP contribution >= 0.6 is 45.3 Å². The minimum atomic E-state index is -0.0995. The van der Waals surface area contributed by atoms with E-state index in [1.165, 1.54) is 101 Å². The molecule has 4 heterocycles. The van der Waals surface area contributed by atoms with E-state index in [4.69, 9.17) is 9.47 Å². The number of allylic oxidation sites excluding steroid dienone is 4. The summed E-state index contributed by atoms with van der Waals surface area (Å²) in [5.41, 5.74) is 9.24. The zero-order valence-corrected chi connectivity index (χ0v) is 36.1. The van der Waals surface area contributed by atoms with E-state index in [0.29, 0.717) is 0 Å². The predicted octanol–water partition coefficient (Wildman–Crippen LogP) is 13.6. The van der Waals surface area contributed by atoms with Gasteiger partial charge < -0.3 is 9.47 Å². The number of hydrogen-bond acceptors (Lipinski definition) is 10. The Labute approximate surface area is 356 Å². The second-order valence-electron chi connectivity index (χ2n) is 16.8. The average Bonchev–Trinajstić information content (AvgIpc) is 4.12. The molecule has 0 aliphatic heterocycles. The first kappa shape index (κ1) is 37.6. The van der Waals surface area contributed by atoms with Gasteiger partial charge in [0.1, 0.15) is 46.9 Å². The highest BCUT2D eigenvalue weighted by molar-refractivity contribution is 7.24. The summed E-state index contributed by atoms with van der Waals surface area (Å²) in [6, 6.07) is 12.2. The molecule has 0 bridgehead atoms. The van der Waals surface area contributed by atoms with Gasteiger partial charge in [-0.15, -0.1) is 45.3 Å². The van der Waals surface area contributed by atoms with Gasteiger partial charge in [-0.1, -0.05) is 57.8 Å². The summed E-state index contributed by atoms with van der Waals surface area (Å²) in [5, 5.41) is 38.3. The van der Waals surface area contributed by atoms with Crippen molar-refractivity contribution in [2.75, 3.05) is 14.2 Å². The maximum Gasteiger partial charge on any atom is 0.137 e. The molecule has 0 N–H and O–H groups in total. The monoisotopic (exact) mass is 834 g/mol. The van der Waals surface area contributed by atoms with Gasteiger partial charge >= 0.3 is 0 Å². The second-order valence-corrected chi connectivity index (χ2v) is 21.1. The molecule has 0 unspecified atom stereocenters. The van der Waals surface area contributed by atoms with E-state index < -0.39 is 0 Å². The molecule has 6 aliphatic rings. The fraction of sp³-hybridized carbons (Fsp3) is 0.417. The quantitative estimate of drug-likeness (QED) is 0.179. The lowest BCUT2D eigenvalue weighted by Crippen LogP contribution is -2.37. The topological polar surface area (TPSA) is 114 Å². The maximum absolute atomic E-state index is 9.56. The van der Waals surface area contributed by atoms with Crippen LogP contribution in [0, 0.1) is 45.3 Å².